The van der Waals surface area contributed by atoms with Crippen molar-refractivity contribution in [2.45, 2.75) is 65.1 Å². The summed E-state index contributed by atoms with van der Waals surface area (Å²) in [5.41, 5.74) is 0.326. The molecule has 7 nitrogen and oxygen atoms in total. The van der Waals surface area contributed by atoms with Gasteiger partial charge < -0.3 is 14.5 Å². The standard InChI is InChI=1S/C25H38Cl2N4O3/c1-7-25(5,6)30-14-15-31(23(33)34-24(2,3)4)21(17-30)22(32)29-12-10-28(11-13-29)18-8-9-19(26)20(27)16-18/h8-9,16,21H,7,10-15,17H2,1-6H3/t21-/m0/s1. The molecule has 2 fully saturated rings. The van der Waals surface area contributed by atoms with E-state index in [2.05, 4.69) is 30.6 Å². The van der Waals surface area contributed by atoms with Crippen LogP contribution in [0.1, 0.15) is 48.0 Å². The molecule has 190 valence electrons. The molecule has 2 saturated heterocycles. The number of piperazine rings is 2. The van der Waals surface area contributed by atoms with Crippen molar-refractivity contribution in [3.63, 3.8) is 0 Å². The zero-order chi connectivity index (χ0) is 25.3. The highest BCUT2D eigenvalue weighted by Gasteiger charge is 2.42. The second-order valence-electron chi connectivity index (χ2n) is 10.7. The fourth-order valence-corrected chi connectivity index (χ4v) is 4.68. The van der Waals surface area contributed by atoms with Crippen LogP contribution in [0.5, 0.6) is 0 Å². The molecule has 1 aromatic carbocycles. The number of benzene rings is 1. The number of ether oxygens (including phenoxy) is 1. The number of halogens is 2. The quantitative estimate of drug-likeness (QED) is 0.582. The second kappa shape index (κ2) is 10.5. The van der Waals surface area contributed by atoms with Crippen LogP contribution >= 0.6 is 23.2 Å². The lowest BCUT2D eigenvalue weighted by Gasteiger charge is -2.48. The summed E-state index contributed by atoms with van der Waals surface area (Å²) in [6.07, 6.45) is 0.539. The van der Waals surface area contributed by atoms with Gasteiger partial charge in [-0.3, -0.25) is 14.6 Å². The zero-order valence-corrected chi connectivity index (χ0v) is 22.7. The van der Waals surface area contributed by atoms with Crippen LogP contribution in [0.2, 0.25) is 10.0 Å². The van der Waals surface area contributed by atoms with E-state index in [1.165, 1.54) is 0 Å². The molecule has 2 aliphatic heterocycles. The van der Waals surface area contributed by atoms with E-state index in [1.807, 2.05) is 37.8 Å². The molecule has 0 bridgehead atoms. The smallest absolute Gasteiger partial charge is 0.411 e. The molecule has 0 radical (unpaired) electrons. The number of carbonyl (C=O) groups is 2. The number of anilines is 1. The topological polar surface area (TPSA) is 56.3 Å². The van der Waals surface area contributed by atoms with E-state index in [4.69, 9.17) is 27.9 Å². The van der Waals surface area contributed by atoms with Gasteiger partial charge in [-0.2, -0.15) is 0 Å². The van der Waals surface area contributed by atoms with Crippen molar-refractivity contribution < 1.29 is 14.3 Å². The summed E-state index contributed by atoms with van der Waals surface area (Å²) in [5, 5.41) is 1.05. The van der Waals surface area contributed by atoms with Crippen LogP contribution in [0.25, 0.3) is 0 Å². The van der Waals surface area contributed by atoms with E-state index in [0.29, 0.717) is 49.3 Å². The van der Waals surface area contributed by atoms with Crippen LogP contribution in [0, 0.1) is 0 Å². The molecule has 3 rings (SSSR count). The normalized spacial score (nSPS) is 20.5. The van der Waals surface area contributed by atoms with Gasteiger partial charge >= 0.3 is 6.09 Å². The molecule has 0 aliphatic carbocycles. The molecule has 1 aromatic rings. The van der Waals surface area contributed by atoms with Crippen LogP contribution in [-0.2, 0) is 9.53 Å². The Hall–Kier alpha value is -1.70. The van der Waals surface area contributed by atoms with Gasteiger partial charge in [0.2, 0.25) is 5.91 Å². The highest BCUT2D eigenvalue weighted by Crippen LogP contribution is 2.29. The largest absolute Gasteiger partial charge is 0.444 e. The van der Waals surface area contributed by atoms with Gasteiger partial charge in [0.15, 0.2) is 0 Å². The van der Waals surface area contributed by atoms with Crippen LogP contribution < -0.4 is 4.90 Å². The molecule has 34 heavy (non-hydrogen) atoms. The number of nitrogens with zero attached hydrogens (tertiary/aromatic N) is 4. The Labute approximate surface area is 213 Å². The van der Waals surface area contributed by atoms with Gasteiger partial charge in [-0.1, -0.05) is 30.1 Å². The second-order valence-corrected chi connectivity index (χ2v) is 11.5. The zero-order valence-electron chi connectivity index (χ0n) is 21.2. The van der Waals surface area contributed by atoms with Crippen molar-refractivity contribution in [1.29, 1.82) is 0 Å². The lowest BCUT2D eigenvalue weighted by molar-refractivity contribution is -0.141. The van der Waals surface area contributed by atoms with E-state index < -0.39 is 17.7 Å². The monoisotopic (exact) mass is 512 g/mol. The first-order valence-corrected chi connectivity index (χ1v) is 12.8. The predicted molar refractivity (Wildman–Crippen MR) is 138 cm³/mol. The van der Waals surface area contributed by atoms with Gasteiger partial charge in [0.25, 0.3) is 0 Å². The van der Waals surface area contributed by atoms with Crippen LogP contribution in [0.4, 0.5) is 10.5 Å². The minimum atomic E-state index is -0.615. The van der Waals surface area contributed by atoms with E-state index >= 15 is 0 Å². The first kappa shape index (κ1) is 26.9. The summed E-state index contributed by atoms with van der Waals surface area (Å²) in [6.45, 7) is 16.3. The highest BCUT2D eigenvalue weighted by atomic mass is 35.5. The Morgan fingerprint density at radius 2 is 1.62 bits per heavy atom. The number of carbonyl (C=O) groups excluding carboxylic acids is 2. The van der Waals surface area contributed by atoms with Gasteiger partial charge in [0.05, 0.1) is 10.0 Å². The fourth-order valence-electron chi connectivity index (χ4n) is 4.38. The fraction of sp³-hybridized carbons (Fsp3) is 0.680. The first-order chi connectivity index (χ1) is 15.8. The molecule has 2 aliphatic rings. The summed E-state index contributed by atoms with van der Waals surface area (Å²) >= 11 is 12.2. The SMILES string of the molecule is CCC(C)(C)N1CCN(C(=O)OC(C)(C)C)[C@H](C(=O)N2CCN(c3ccc(Cl)c(Cl)c3)CC2)C1. The Kier molecular flexibility index (Phi) is 8.31. The third-order valence-electron chi connectivity index (χ3n) is 6.87. The van der Waals surface area contributed by atoms with E-state index in [-0.39, 0.29) is 11.4 Å². The average Bonchev–Trinajstić information content (AvgIpc) is 2.79. The number of hydrogen-bond acceptors (Lipinski definition) is 5. The average molecular weight is 514 g/mol. The van der Waals surface area contributed by atoms with Crippen molar-refractivity contribution in [3.8, 4) is 0 Å². The number of hydrogen-bond donors (Lipinski definition) is 0. The van der Waals surface area contributed by atoms with Crippen molar-refractivity contribution in [2.75, 3.05) is 50.7 Å². The summed E-state index contributed by atoms with van der Waals surface area (Å²) in [6, 6.07) is 5.03. The summed E-state index contributed by atoms with van der Waals surface area (Å²) < 4.78 is 5.65. The molecule has 0 aromatic heterocycles. The van der Waals surface area contributed by atoms with Gasteiger partial charge in [-0.05, 0) is 59.2 Å². The molecule has 0 N–H and O–H groups in total. The lowest BCUT2D eigenvalue weighted by atomic mass is 9.96. The summed E-state index contributed by atoms with van der Waals surface area (Å²) in [7, 11) is 0. The molecule has 0 unspecified atom stereocenters. The van der Waals surface area contributed by atoms with Crippen LogP contribution in [0.15, 0.2) is 18.2 Å². The van der Waals surface area contributed by atoms with Crippen LogP contribution in [0.3, 0.4) is 0 Å². The highest BCUT2D eigenvalue weighted by molar-refractivity contribution is 6.42. The molecular formula is C25H38Cl2N4O3. The molecule has 9 heteroatoms. The molecule has 0 saturated carbocycles. The molecule has 0 spiro atoms. The Balaban J connectivity index is 1.73. The maximum absolute atomic E-state index is 13.7. The minimum absolute atomic E-state index is 0.0174. The minimum Gasteiger partial charge on any atom is -0.444 e. The third-order valence-corrected chi connectivity index (χ3v) is 7.61. The maximum atomic E-state index is 13.7. The molecule has 1 atom stereocenters. The van der Waals surface area contributed by atoms with Crippen molar-refractivity contribution in [3.05, 3.63) is 28.2 Å². The molecule has 2 heterocycles. The predicted octanol–water partition coefficient (Wildman–Crippen LogP) is 4.75. The molecular weight excluding hydrogens is 475 g/mol. The lowest BCUT2D eigenvalue weighted by Crippen LogP contribution is -2.65. The number of amides is 2. The van der Waals surface area contributed by atoms with Crippen molar-refractivity contribution >= 4 is 40.9 Å². The molecule has 2 amide bonds. The Bertz CT molecular complexity index is 895. The van der Waals surface area contributed by atoms with E-state index in [1.54, 1.807) is 11.0 Å². The van der Waals surface area contributed by atoms with E-state index in [9.17, 15) is 9.59 Å². The van der Waals surface area contributed by atoms with Gasteiger partial charge in [-0.15, -0.1) is 0 Å². The van der Waals surface area contributed by atoms with Gasteiger partial charge in [0.1, 0.15) is 11.6 Å². The Morgan fingerprint density at radius 3 is 2.18 bits per heavy atom. The van der Waals surface area contributed by atoms with E-state index in [0.717, 1.165) is 18.7 Å². The van der Waals surface area contributed by atoms with Crippen molar-refractivity contribution in [2.24, 2.45) is 0 Å². The number of rotatable bonds is 4. The van der Waals surface area contributed by atoms with Crippen LogP contribution in [-0.4, -0.2) is 89.7 Å². The van der Waals surface area contributed by atoms with Gasteiger partial charge in [0, 0.05) is 57.0 Å². The third kappa shape index (κ3) is 6.29. The summed E-state index contributed by atoms with van der Waals surface area (Å²) in [5.74, 6) is -0.0174. The summed E-state index contributed by atoms with van der Waals surface area (Å²) in [4.78, 5) is 34.8. The maximum Gasteiger partial charge on any atom is 0.411 e. The first-order valence-electron chi connectivity index (χ1n) is 12.1. The van der Waals surface area contributed by atoms with Gasteiger partial charge in [-0.25, -0.2) is 4.79 Å². The van der Waals surface area contributed by atoms with Crippen molar-refractivity contribution in [1.82, 2.24) is 14.7 Å². The Morgan fingerprint density at radius 1 is 0.971 bits per heavy atom.